The van der Waals surface area contributed by atoms with Gasteiger partial charge < -0.3 is 56.8 Å². The molecule has 3 heterocycles. The lowest BCUT2D eigenvalue weighted by molar-refractivity contribution is 0.00206. The summed E-state index contributed by atoms with van der Waals surface area (Å²) in [6.07, 6.45) is 2.81. The molecule has 0 saturated carbocycles. The van der Waals surface area contributed by atoms with Gasteiger partial charge in [0, 0.05) is 58.9 Å². The Morgan fingerprint density at radius 2 is 0.383 bits per heavy atom. The van der Waals surface area contributed by atoms with Crippen molar-refractivity contribution in [3.8, 4) is 0 Å². The van der Waals surface area contributed by atoms with E-state index in [-0.39, 0.29) is 0 Å². The fourth-order valence-corrected chi connectivity index (χ4v) is 7.87. The van der Waals surface area contributed by atoms with Crippen LogP contribution < -0.4 is 0 Å². The summed E-state index contributed by atoms with van der Waals surface area (Å²) in [4.78, 5) is 7.54. The molecule has 0 radical (unpaired) electrons. The van der Waals surface area contributed by atoms with Gasteiger partial charge in [-0.2, -0.15) is 0 Å². The molecule has 0 atom stereocenters. The van der Waals surface area contributed by atoms with E-state index in [0.29, 0.717) is 159 Å². The van der Waals surface area contributed by atoms with Crippen molar-refractivity contribution in [1.29, 1.82) is 0 Å². The zero-order chi connectivity index (χ0) is 42.1. The molecule has 1 aromatic rings. The first kappa shape index (κ1) is 51.3. The number of hydrogen-bond acceptors (Lipinski definition) is 15. The molecule has 0 bridgehead atoms. The van der Waals surface area contributed by atoms with Crippen LogP contribution in [0.15, 0.2) is 0 Å². The van der Waals surface area contributed by atoms with E-state index in [0.717, 1.165) is 78.2 Å². The first-order valence-corrected chi connectivity index (χ1v) is 23.0. The van der Waals surface area contributed by atoms with Gasteiger partial charge >= 0.3 is 0 Å². The Morgan fingerprint density at radius 1 is 0.233 bits per heavy atom. The van der Waals surface area contributed by atoms with Crippen LogP contribution in [0, 0.1) is 0 Å². The second-order valence-corrected chi connectivity index (χ2v) is 15.1. The van der Waals surface area contributed by atoms with Crippen LogP contribution in [-0.2, 0) is 95.7 Å². The maximum Gasteiger partial charge on any atom is 0.0701 e. The minimum atomic E-state index is 0.563. The van der Waals surface area contributed by atoms with Crippen LogP contribution in [0.2, 0.25) is 0 Å². The summed E-state index contributed by atoms with van der Waals surface area (Å²) in [5, 5.41) is 0. The molecule has 0 aliphatic carbocycles. The molecule has 0 aromatic heterocycles. The molecule has 3 aliphatic heterocycles. The van der Waals surface area contributed by atoms with Gasteiger partial charge in [0.2, 0.25) is 0 Å². The Bertz CT molecular complexity index is 1000. The standard InChI is InChI=1S/C45H81N3O12/c1-4-40-43(37-46-7-13-49-19-25-55-31-32-56-26-20-50-14-8-46)41(5-2)45(39-48-11-17-53-23-29-59-35-36-60-30-24-54-18-12-48)42(6-3)44(40)38-47-9-15-51-21-27-57-33-34-58-28-22-52-16-10-47/h4-39H2,1-3H3. The molecule has 0 spiro atoms. The van der Waals surface area contributed by atoms with Crippen molar-refractivity contribution < 1.29 is 56.8 Å². The summed E-state index contributed by atoms with van der Waals surface area (Å²) in [5.74, 6) is 0. The molecule has 4 rings (SSSR count). The highest BCUT2D eigenvalue weighted by Crippen LogP contribution is 2.33. The van der Waals surface area contributed by atoms with Crippen molar-refractivity contribution >= 4 is 0 Å². The molecule has 15 heteroatoms. The maximum atomic E-state index is 6.09. The third-order valence-electron chi connectivity index (χ3n) is 11.1. The summed E-state index contributed by atoms with van der Waals surface area (Å²) < 4.78 is 70.8. The number of rotatable bonds is 9. The molecule has 3 saturated heterocycles. The molecule has 348 valence electrons. The van der Waals surface area contributed by atoms with Crippen LogP contribution >= 0.6 is 0 Å². The fourth-order valence-electron chi connectivity index (χ4n) is 7.87. The van der Waals surface area contributed by atoms with Crippen LogP contribution in [0.5, 0.6) is 0 Å². The molecule has 60 heavy (non-hydrogen) atoms. The van der Waals surface area contributed by atoms with Crippen LogP contribution in [0.4, 0.5) is 0 Å². The Balaban J connectivity index is 1.70. The molecule has 1 aromatic carbocycles. The Labute approximate surface area is 361 Å². The van der Waals surface area contributed by atoms with Crippen molar-refractivity contribution in [2.45, 2.75) is 59.7 Å². The van der Waals surface area contributed by atoms with Gasteiger partial charge in [-0.3, -0.25) is 14.7 Å². The van der Waals surface area contributed by atoms with Gasteiger partial charge in [0.1, 0.15) is 0 Å². The predicted octanol–water partition coefficient (Wildman–Crippen LogP) is 3.02. The van der Waals surface area contributed by atoms with Gasteiger partial charge in [-0.15, -0.1) is 0 Å². The lowest BCUT2D eigenvalue weighted by atomic mass is 9.82. The molecule has 0 unspecified atom stereocenters. The summed E-state index contributed by atoms with van der Waals surface area (Å²) >= 11 is 0. The van der Waals surface area contributed by atoms with Crippen molar-refractivity contribution in [3.63, 3.8) is 0 Å². The Hall–Kier alpha value is -1.38. The van der Waals surface area contributed by atoms with Gasteiger partial charge in [0.25, 0.3) is 0 Å². The van der Waals surface area contributed by atoms with Crippen LogP contribution in [-0.4, -0.2) is 213 Å². The highest BCUT2D eigenvalue weighted by molar-refractivity contribution is 5.52. The lowest BCUT2D eigenvalue weighted by Gasteiger charge is -2.33. The normalized spacial score (nSPS) is 22.6. The van der Waals surface area contributed by atoms with Crippen molar-refractivity contribution in [2.75, 3.05) is 198 Å². The molecular weight excluding hydrogens is 775 g/mol. The zero-order valence-electron chi connectivity index (χ0n) is 37.7. The minimum absolute atomic E-state index is 0.563. The van der Waals surface area contributed by atoms with Crippen LogP contribution in [0.3, 0.4) is 0 Å². The van der Waals surface area contributed by atoms with E-state index in [1.54, 1.807) is 0 Å². The fraction of sp³-hybridized carbons (Fsp3) is 0.867. The Kier molecular flexibility index (Phi) is 29.1. The van der Waals surface area contributed by atoms with Crippen molar-refractivity contribution in [3.05, 3.63) is 33.4 Å². The summed E-state index contributed by atoms with van der Waals surface area (Å²) in [7, 11) is 0. The van der Waals surface area contributed by atoms with E-state index in [1.807, 2.05) is 0 Å². The molecular formula is C45H81N3O12. The monoisotopic (exact) mass is 856 g/mol. The SMILES string of the molecule is CCc1c(CN2CCOCCOCCOCCOCC2)c(CC)c(CN2CCOCCOCCOCCOCC2)c(CC)c1CN1CCOCCOCCOCCOCC1. The van der Waals surface area contributed by atoms with Gasteiger partial charge in [-0.1, -0.05) is 20.8 Å². The van der Waals surface area contributed by atoms with Gasteiger partial charge in [0.15, 0.2) is 0 Å². The number of nitrogens with zero attached hydrogens (tertiary/aromatic N) is 3. The van der Waals surface area contributed by atoms with E-state index in [1.165, 1.54) is 33.4 Å². The molecule has 3 fully saturated rings. The highest BCUT2D eigenvalue weighted by Gasteiger charge is 2.26. The average molecular weight is 856 g/mol. The first-order valence-electron chi connectivity index (χ1n) is 23.0. The third kappa shape index (κ3) is 20.9. The van der Waals surface area contributed by atoms with E-state index in [9.17, 15) is 0 Å². The summed E-state index contributed by atoms with van der Waals surface area (Å²) in [5.41, 5.74) is 8.67. The smallest absolute Gasteiger partial charge is 0.0701 e. The maximum absolute atomic E-state index is 6.09. The first-order chi connectivity index (χ1) is 29.7. The Morgan fingerprint density at radius 3 is 0.533 bits per heavy atom. The van der Waals surface area contributed by atoms with Gasteiger partial charge in [-0.05, 0) is 52.6 Å². The number of benzene rings is 1. The number of hydrogen-bond donors (Lipinski definition) is 0. The van der Waals surface area contributed by atoms with Crippen molar-refractivity contribution in [1.82, 2.24) is 14.7 Å². The predicted molar refractivity (Wildman–Crippen MR) is 230 cm³/mol. The molecule has 3 aliphatic rings. The molecule has 0 N–H and O–H groups in total. The largest absolute Gasteiger partial charge is 0.378 e. The second kappa shape index (κ2) is 34.1. The van der Waals surface area contributed by atoms with Crippen molar-refractivity contribution in [2.24, 2.45) is 0 Å². The number of ether oxygens (including phenoxy) is 12. The summed E-state index contributed by atoms with van der Waals surface area (Å²) in [6.45, 7) is 28.1. The quantitative estimate of drug-likeness (QED) is 0.362. The second-order valence-electron chi connectivity index (χ2n) is 15.1. The zero-order valence-corrected chi connectivity index (χ0v) is 37.7. The van der Waals surface area contributed by atoms with Crippen LogP contribution in [0.1, 0.15) is 54.2 Å². The minimum Gasteiger partial charge on any atom is -0.378 e. The molecule has 0 amide bonds. The van der Waals surface area contributed by atoms with E-state index in [2.05, 4.69) is 35.5 Å². The summed E-state index contributed by atoms with van der Waals surface area (Å²) in [6, 6.07) is 0. The topological polar surface area (TPSA) is 120 Å². The van der Waals surface area contributed by atoms with E-state index in [4.69, 9.17) is 56.8 Å². The molecule has 15 nitrogen and oxygen atoms in total. The van der Waals surface area contributed by atoms with E-state index >= 15 is 0 Å². The van der Waals surface area contributed by atoms with E-state index < -0.39 is 0 Å². The van der Waals surface area contributed by atoms with Gasteiger partial charge in [-0.25, -0.2) is 0 Å². The lowest BCUT2D eigenvalue weighted by Crippen LogP contribution is -2.35. The van der Waals surface area contributed by atoms with Crippen LogP contribution in [0.25, 0.3) is 0 Å². The third-order valence-corrected chi connectivity index (χ3v) is 11.1. The van der Waals surface area contributed by atoms with Gasteiger partial charge in [0.05, 0.1) is 159 Å². The average Bonchev–Trinajstić information content (AvgIpc) is 3.28. The highest BCUT2D eigenvalue weighted by atomic mass is 16.6.